The van der Waals surface area contributed by atoms with E-state index in [1.807, 2.05) is 0 Å². The summed E-state index contributed by atoms with van der Waals surface area (Å²) in [5, 5.41) is 3.18. The van der Waals surface area contributed by atoms with E-state index in [1.165, 1.54) is 9.13 Å². The Morgan fingerprint density at radius 2 is 1.95 bits per heavy atom. The third-order valence-electron chi connectivity index (χ3n) is 3.92. The monoisotopic (exact) mass is 392 g/mol. The van der Waals surface area contributed by atoms with Crippen LogP contribution in [0.5, 0.6) is 0 Å². The Balaban J connectivity index is 0.00000133. The van der Waals surface area contributed by atoms with Gasteiger partial charge in [-0.15, -0.1) is 12.4 Å². The van der Waals surface area contributed by atoms with Crippen LogP contribution < -0.4 is 5.32 Å². The van der Waals surface area contributed by atoms with Gasteiger partial charge < -0.3 is 10.2 Å². The van der Waals surface area contributed by atoms with Gasteiger partial charge >= 0.3 is 0 Å². The number of hydrogen-bond acceptors (Lipinski definition) is 2. The Bertz CT molecular complexity index is 447. The van der Waals surface area contributed by atoms with Gasteiger partial charge in [0.2, 0.25) is 5.91 Å². The van der Waals surface area contributed by atoms with E-state index in [4.69, 9.17) is 0 Å². The first-order chi connectivity index (χ1) is 8.75. The Morgan fingerprint density at radius 3 is 2.53 bits per heavy atom. The molecular formula is C14H18ClIN2O. The predicted molar refractivity (Wildman–Crippen MR) is 86.5 cm³/mol. The molecule has 0 bridgehead atoms. The van der Waals surface area contributed by atoms with E-state index in [1.54, 1.807) is 0 Å². The van der Waals surface area contributed by atoms with E-state index in [2.05, 4.69) is 57.1 Å². The van der Waals surface area contributed by atoms with E-state index in [0.717, 1.165) is 32.5 Å². The number of likely N-dealkylation sites (tertiary alicyclic amines) is 1. The molecular weight excluding hydrogens is 375 g/mol. The lowest BCUT2D eigenvalue weighted by Crippen LogP contribution is -2.51. The highest BCUT2D eigenvalue weighted by Crippen LogP contribution is 2.33. The fourth-order valence-electron chi connectivity index (χ4n) is 2.76. The van der Waals surface area contributed by atoms with Crippen LogP contribution in [0.1, 0.15) is 24.4 Å². The molecule has 1 unspecified atom stereocenters. The normalized spacial score (nSPS) is 22.8. The number of halogens is 2. The third kappa shape index (κ3) is 3.06. The van der Waals surface area contributed by atoms with Crippen LogP contribution in [0.15, 0.2) is 24.3 Å². The van der Waals surface area contributed by atoms with Gasteiger partial charge in [0.05, 0.1) is 12.0 Å². The average molecular weight is 393 g/mol. The molecule has 3 rings (SSSR count). The van der Waals surface area contributed by atoms with E-state index in [9.17, 15) is 4.79 Å². The zero-order chi connectivity index (χ0) is 12.5. The number of amides is 1. The van der Waals surface area contributed by atoms with E-state index < -0.39 is 0 Å². The standard InChI is InChI=1S/C14H17IN2O.ClH/c15-12-5-3-10(4-6-12)13-2-1-7-17(13)14(18)11-8-16-9-11;/h3-6,11,13,16H,1-2,7-9H2;1H. The lowest BCUT2D eigenvalue weighted by atomic mass is 9.99. The van der Waals surface area contributed by atoms with Crippen LogP contribution in [0, 0.1) is 9.49 Å². The lowest BCUT2D eigenvalue weighted by Gasteiger charge is -2.33. The maximum Gasteiger partial charge on any atom is 0.228 e. The zero-order valence-corrected chi connectivity index (χ0v) is 13.6. The van der Waals surface area contributed by atoms with Crippen molar-refractivity contribution in [2.75, 3.05) is 19.6 Å². The van der Waals surface area contributed by atoms with Crippen molar-refractivity contribution in [2.24, 2.45) is 5.92 Å². The average Bonchev–Trinajstić information content (AvgIpc) is 2.76. The Hall–Kier alpha value is -0.330. The summed E-state index contributed by atoms with van der Waals surface area (Å²) in [6, 6.07) is 8.88. The molecule has 2 heterocycles. The predicted octanol–water partition coefficient (Wildman–Crippen LogP) is 2.60. The van der Waals surface area contributed by atoms with Crippen LogP contribution >= 0.6 is 35.0 Å². The highest BCUT2D eigenvalue weighted by atomic mass is 127. The number of nitrogens with one attached hydrogen (secondary N) is 1. The second-order valence-corrected chi connectivity index (χ2v) is 6.34. The topological polar surface area (TPSA) is 32.3 Å². The first-order valence-electron chi connectivity index (χ1n) is 6.52. The third-order valence-corrected chi connectivity index (χ3v) is 4.64. The molecule has 0 aliphatic carbocycles. The summed E-state index contributed by atoms with van der Waals surface area (Å²) in [6.45, 7) is 2.63. The second kappa shape index (κ2) is 6.41. The fourth-order valence-corrected chi connectivity index (χ4v) is 3.12. The van der Waals surface area contributed by atoms with Crippen LogP contribution in [0.2, 0.25) is 0 Å². The number of rotatable bonds is 2. The molecule has 5 heteroatoms. The molecule has 2 aliphatic rings. The van der Waals surface area contributed by atoms with Crippen LogP contribution in [-0.4, -0.2) is 30.4 Å². The summed E-state index contributed by atoms with van der Waals surface area (Å²) in [4.78, 5) is 14.5. The quantitative estimate of drug-likeness (QED) is 0.785. The van der Waals surface area contributed by atoms with Crippen molar-refractivity contribution in [3.63, 3.8) is 0 Å². The molecule has 0 aromatic heterocycles. The lowest BCUT2D eigenvalue weighted by molar-refractivity contribution is -0.138. The van der Waals surface area contributed by atoms with Crippen LogP contribution in [-0.2, 0) is 4.79 Å². The van der Waals surface area contributed by atoms with Crippen molar-refractivity contribution in [1.29, 1.82) is 0 Å². The molecule has 1 N–H and O–H groups in total. The molecule has 1 aromatic carbocycles. The molecule has 1 aromatic rings. The summed E-state index contributed by atoms with van der Waals surface area (Å²) < 4.78 is 1.25. The molecule has 3 nitrogen and oxygen atoms in total. The van der Waals surface area contributed by atoms with Gasteiger partial charge in [0.15, 0.2) is 0 Å². The van der Waals surface area contributed by atoms with E-state index >= 15 is 0 Å². The van der Waals surface area contributed by atoms with Crippen LogP contribution in [0.4, 0.5) is 0 Å². The number of hydrogen-bond donors (Lipinski definition) is 1. The largest absolute Gasteiger partial charge is 0.335 e. The number of benzene rings is 1. The van der Waals surface area contributed by atoms with Crippen molar-refractivity contribution in [3.8, 4) is 0 Å². The molecule has 1 atom stereocenters. The van der Waals surface area contributed by atoms with Crippen LogP contribution in [0.3, 0.4) is 0 Å². The first-order valence-corrected chi connectivity index (χ1v) is 7.60. The molecule has 19 heavy (non-hydrogen) atoms. The van der Waals surface area contributed by atoms with Gasteiger partial charge in [-0.2, -0.15) is 0 Å². The van der Waals surface area contributed by atoms with Crippen molar-refractivity contribution in [1.82, 2.24) is 10.2 Å². The summed E-state index contributed by atoms with van der Waals surface area (Å²) in [5.74, 6) is 0.559. The van der Waals surface area contributed by atoms with Crippen molar-refractivity contribution >= 4 is 40.9 Å². The maximum absolute atomic E-state index is 12.4. The highest BCUT2D eigenvalue weighted by molar-refractivity contribution is 14.1. The smallest absolute Gasteiger partial charge is 0.228 e. The number of carbonyl (C=O) groups is 1. The minimum absolute atomic E-state index is 0. The van der Waals surface area contributed by atoms with Gasteiger partial charge in [-0.3, -0.25) is 4.79 Å². The molecule has 2 saturated heterocycles. The molecule has 2 fully saturated rings. The van der Waals surface area contributed by atoms with E-state index in [-0.39, 0.29) is 18.3 Å². The van der Waals surface area contributed by atoms with Gasteiger partial charge in [0.25, 0.3) is 0 Å². The Morgan fingerprint density at radius 1 is 1.26 bits per heavy atom. The number of carbonyl (C=O) groups excluding carboxylic acids is 1. The molecule has 1 amide bonds. The molecule has 2 aliphatic heterocycles. The molecule has 0 radical (unpaired) electrons. The summed E-state index contributed by atoms with van der Waals surface area (Å²) >= 11 is 2.32. The Labute approximate surface area is 133 Å². The molecule has 0 spiro atoms. The first kappa shape index (κ1) is 15.1. The summed E-state index contributed by atoms with van der Waals surface area (Å²) in [7, 11) is 0. The van der Waals surface area contributed by atoms with Gasteiger partial charge in [0.1, 0.15) is 0 Å². The summed E-state index contributed by atoms with van der Waals surface area (Å²) in [5.41, 5.74) is 1.29. The van der Waals surface area contributed by atoms with Gasteiger partial charge in [-0.1, -0.05) is 12.1 Å². The Kier molecular flexibility index (Phi) is 5.09. The molecule has 104 valence electrons. The van der Waals surface area contributed by atoms with Crippen molar-refractivity contribution in [2.45, 2.75) is 18.9 Å². The second-order valence-electron chi connectivity index (χ2n) is 5.10. The maximum atomic E-state index is 12.4. The van der Waals surface area contributed by atoms with Gasteiger partial charge in [-0.05, 0) is 53.1 Å². The van der Waals surface area contributed by atoms with Crippen molar-refractivity contribution in [3.05, 3.63) is 33.4 Å². The number of nitrogens with zero attached hydrogens (tertiary/aromatic N) is 1. The SMILES string of the molecule is Cl.O=C(C1CNC1)N1CCCC1c1ccc(I)cc1. The van der Waals surface area contributed by atoms with Gasteiger partial charge in [0, 0.05) is 23.2 Å². The minimum atomic E-state index is 0. The zero-order valence-electron chi connectivity index (χ0n) is 10.6. The fraction of sp³-hybridized carbons (Fsp3) is 0.500. The van der Waals surface area contributed by atoms with E-state index in [0.29, 0.717) is 11.9 Å². The minimum Gasteiger partial charge on any atom is -0.335 e. The summed E-state index contributed by atoms with van der Waals surface area (Å²) in [6.07, 6.45) is 2.23. The highest BCUT2D eigenvalue weighted by Gasteiger charge is 2.36. The van der Waals surface area contributed by atoms with Crippen molar-refractivity contribution < 1.29 is 4.79 Å². The molecule has 0 saturated carbocycles. The van der Waals surface area contributed by atoms with Crippen LogP contribution in [0.25, 0.3) is 0 Å². The van der Waals surface area contributed by atoms with Gasteiger partial charge in [-0.25, -0.2) is 0 Å².